The average Bonchev–Trinajstić information content (AvgIpc) is 2.74. The minimum absolute atomic E-state index is 0.148. The van der Waals surface area contributed by atoms with Crippen molar-refractivity contribution in [3.8, 4) is 17.6 Å². The van der Waals surface area contributed by atoms with Gasteiger partial charge in [-0.3, -0.25) is 5.32 Å². The summed E-state index contributed by atoms with van der Waals surface area (Å²) in [5.74, 6) is 1.29. The molecular weight excluding hydrogens is 474 g/mol. The van der Waals surface area contributed by atoms with Crippen LogP contribution in [-0.4, -0.2) is 23.1 Å². The number of rotatable bonds is 6. The zero-order valence-corrected chi connectivity index (χ0v) is 18.0. The molecule has 0 saturated heterocycles. The van der Waals surface area contributed by atoms with Gasteiger partial charge in [-0.05, 0) is 36.4 Å². The number of carbonyl (C=O) groups excluding carboxylic acids is 1. The molecule has 0 fully saturated rings. The summed E-state index contributed by atoms with van der Waals surface area (Å²) in [5.41, 5.74) is 1.34. The first kappa shape index (κ1) is 21.4. The predicted octanol–water partition coefficient (Wildman–Crippen LogP) is 5.00. The molecule has 10 heteroatoms. The number of hydrogen-bond acceptors (Lipinski definition) is 6. The molecular formula is C20H15BrClN5O3. The first-order valence-electron chi connectivity index (χ1n) is 8.53. The Morgan fingerprint density at radius 2 is 1.97 bits per heavy atom. The van der Waals surface area contributed by atoms with E-state index in [1.807, 2.05) is 24.3 Å². The minimum atomic E-state index is -0.568. The Labute approximate surface area is 185 Å². The Morgan fingerprint density at radius 3 is 2.67 bits per heavy atom. The molecule has 1 aromatic heterocycles. The minimum Gasteiger partial charge on any atom is -0.496 e. The number of hydrogen-bond donors (Lipinski definition) is 2. The van der Waals surface area contributed by atoms with Crippen LogP contribution in [0.1, 0.15) is 11.3 Å². The van der Waals surface area contributed by atoms with E-state index in [-0.39, 0.29) is 18.1 Å². The third-order valence-electron chi connectivity index (χ3n) is 3.82. The third kappa shape index (κ3) is 5.59. The van der Waals surface area contributed by atoms with Gasteiger partial charge in [0, 0.05) is 15.1 Å². The van der Waals surface area contributed by atoms with Crippen LogP contribution < -0.4 is 20.1 Å². The molecule has 0 spiro atoms. The number of nitrogens with zero attached hydrogens (tertiary/aromatic N) is 3. The van der Waals surface area contributed by atoms with Crippen LogP contribution in [0.25, 0.3) is 0 Å². The van der Waals surface area contributed by atoms with Gasteiger partial charge in [-0.15, -0.1) is 0 Å². The van der Waals surface area contributed by atoms with Crippen molar-refractivity contribution >= 4 is 45.1 Å². The van der Waals surface area contributed by atoms with Gasteiger partial charge in [-0.1, -0.05) is 27.5 Å². The number of benzene rings is 2. The molecule has 152 valence electrons. The maximum absolute atomic E-state index is 12.3. The second-order valence-electron chi connectivity index (χ2n) is 5.86. The lowest BCUT2D eigenvalue weighted by atomic mass is 10.2. The summed E-state index contributed by atoms with van der Waals surface area (Å²) in [6, 6.07) is 11.8. The Kier molecular flexibility index (Phi) is 7.06. The van der Waals surface area contributed by atoms with Crippen LogP contribution in [0.3, 0.4) is 0 Å². The van der Waals surface area contributed by atoms with Crippen LogP contribution >= 0.6 is 27.5 Å². The smallest absolute Gasteiger partial charge is 0.325 e. The van der Waals surface area contributed by atoms with Gasteiger partial charge >= 0.3 is 6.03 Å². The van der Waals surface area contributed by atoms with E-state index in [0.29, 0.717) is 22.2 Å². The summed E-state index contributed by atoms with van der Waals surface area (Å²) < 4.78 is 12.1. The number of urea groups is 1. The van der Waals surface area contributed by atoms with Crippen molar-refractivity contribution in [2.24, 2.45) is 0 Å². The molecule has 0 aliphatic heterocycles. The third-order valence-corrected chi connectivity index (χ3v) is 4.55. The van der Waals surface area contributed by atoms with Gasteiger partial charge in [0.15, 0.2) is 11.5 Å². The highest BCUT2D eigenvalue weighted by molar-refractivity contribution is 9.10. The highest BCUT2D eigenvalue weighted by atomic mass is 79.9. The molecule has 8 nitrogen and oxygen atoms in total. The number of amides is 2. The summed E-state index contributed by atoms with van der Waals surface area (Å²) in [6.45, 7) is 0.210. The molecule has 2 amide bonds. The Balaban J connectivity index is 1.72. The standard InChI is InChI=1S/C20H15BrClN5O3/c1-29-17-4-2-13(21)6-12(17)11-30-18-5-3-14(22)7-16(18)26-20(28)27-19-10-24-15(8-23)9-25-19/h2-7,9-10H,11H2,1H3,(H2,25,26,27,28). The Hall–Kier alpha value is -3.35. The molecule has 3 rings (SSSR count). The van der Waals surface area contributed by atoms with E-state index in [9.17, 15) is 4.79 Å². The van der Waals surface area contributed by atoms with Crippen molar-refractivity contribution in [3.63, 3.8) is 0 Å². The van der Waals surface area contributed by atoms with Gasteiger partial charge in [0.1, 0.15) is 24.2 Å². The van der Waals surface area contributed by atoms with Crippen LogP contribution in [0.4, 0.5) is 16.3 Å². The molecule has 0 unspecified atom stereocenters. The van der Waals surface area contributed by atoms with Gasteiger partial charge in [-0.25, -0.2) is 14.8 Å². The molecule has 2 N–H and O–H groups in total. The predicted molar refractivity (Wildman–Crippen MR) is 116 cm³/mol. The number of anilines is 2. The Bertz CT molecular complexity index is 1100. The molecule has 30 heavy (non-hydrogen) atoms. The van der Waals surface area contributed by atoms with Gasteiger partial charge in [-0.2, -0.15) is 5.26 Å². The summed E-state index contributed by atoms with van der Waals surface area (Å²) in [5, 5.41) is 14.4. The number of nitriles is 1. The fourth-order valence-electron chi connectivity index (χ4n) is 2.46. The average molecular weight is 489 g/mol. The second kappa shape index (κ2) is 9.91. The molecule has 0 atom stereocenters. The normalized spacial score (nSPS) is 10.1. The molecule has 0 saturated carbocycles. The largest absolute Gasteiger partial charge is 0.496 e. The maximum Gasteiger partial charge on any atom is 0.325 e. The van der Waals surface area contributed by atoms with E-state index in [1.165, 1.54) is 12.4 Å². The van der Waals surface area contributed by atoms with Crippen molar-refractivity contribution in [1.82, 2.24) is 9.97 Å². The zero-order valence-electron chi connectivity index (χ0n) is 15.6. The lowest BCUT2D eigenvalue weighted by Crippen LogP contribution is -2.20. The monoisotopic (exact) mass is 487 g/mol. The highest BCUT2D eigenvalue weighted by Crippen LogP contribution is 2.30. The summed E-state index contributed by atoms with van der Waals surface area (Å²) in [4.78, 5) is 20.1. The van der Waals surface area contributed by atoms with Crippen molar-refractivity contribution in [3.05, 3.63) is 69.5 Å². The Morgan fingerprint density at radius 1 is 1.17 bits per heavy atom. The number of aromatic nitrogens is 2. The lowest BCUT2D eigenvalue weighted by molar-refractivity contribution is 0.261. The van der Waals surface area contributed by atoms with E-state index >= 15 is 0 Å². The van der Waals surface area contributed by atoms with Crippen molar-refractivity contribution in [2.75, 3.05) is 17.7 Å². The maximum atomic E-state index is 12.3. The van der Waals surface area contributed by atoms with Crippen LogP contribution in [-0.2, 0) is 6.61 Å². The molecule has 0 bridgehead atoms. The first-order chi connectivity index (χ1) is 14.5. The first-order valence-corrected chi connectivity index (χ1v) is 9.70. The van der Waals surface area contributed by atoms with E-state index in [0.717, 1.165) is 10.0 Å². The van der Waals surface area contributed by atoms with Crippen molar-refractivity contribution in [1.29, 1.82) is 5.26 Å². The lowest BCUT2D eigenvalue weighted by Gasteiger charge is -2.15. The topological polar surface area (TPSA) is 109 Å². The van der Waals surface area contributed by atoms with E-state index in [4.69, 9.17) is 26.3 Å². The quantitative estimate of drug-likeness (QED) is 0.505. The SMILES string of the molecule is COc1ccc(Br)cc1COc1ccc(Cl)cc1NC(=O)Nc1cnc(C#N)cn1. The number of carbonyl (C=O) groups is 1. The van der Waals surface area contributed by atoms with Gasteiger partial charge in [0.05, 0.1) is 25.2 Å². The number of halogens is 2. The molecule has 0 aliphatic rings. The number of ether oxygens (including phenoxy) is 2. The zero-order chi connectivity index (χ0) is 21.5. The van der Waals surface area contributed by atoms with Gasteiger partial charge in [0.25, 0.3) is 0 Å². The molecule has 1 heterocycles. The number of methoxy groups -OCH3 is 1. The van der Waals surface area contributed by atoms with Crippen LogP contribution in [0.15, 0.2) is 53.3 Å². The van der Waals surface area contributed by atoms with Crippen LogP contribution in [0, 0.1) is 11.3 Å². The van der Waals surface area contributed by atoms with E-state index < -0.39 is 6.03 Å². The fourth-order valence-corrected chi connectivity index (χ4v) is 3.04. The molecule has 3 aromatic rings. The van der Waals surface area contributed by atoms with Gasteiger partial charge < -0.3 is 14.8 Å². The highest BCUT2D eigenvalue weighted by Gasteiger charge is 2.12. The molecule has 0 radical (unpaired) electrons. The summed E-state index contributed by atoms with van der Waals surface area (Å²) in [6.07, 6.45) is 2.54. The van der Waals surface area contributed by atoms with Crippen LogP contribution in [0.5, 0.6) is 11.5 Å². The summed E-state index contributed by atoms with van der Waals surface area (Å²) in [7, 11) is 1.58. The molecule has 0 aliphatic carbocycles. The van der Waals surface area contributed by atoms with Crippen molar-refractivity contribution in [2.45, 2.75) is 6.61 Å². The van der Waals surface area contributed by atoms with Crippen LogP contribution in [0.2, 0.25) is 5.02 Å². The van der Waals surface area contributed by atoms with E-state index in [2.05, 4.69) is 36.5 Å². The van der Waals surface area contributed by atoms with E-state index in [1.54, 1.807) is 25.3 Å². The second-order valence-corrected chi connectivity index (χ2v) is 7.22. The van der Waals surface area contributed by atoms with Crippen molar-refractivity contribution < 1.29 is 14.3 Å². The number of nitrogens with one attached hydrogen (secondary N) is 2. The summed E-state index contributed by atoms with van der Waals surface area (Å²) >= 11 is 9.50. The van der Waals surface area contributed by atoms with Gasteiger partial charge in [0.2, 0.25) is 0 Å². The molecule has 2 aromatic carbocycles. The fraction of sp³-hybridized carbons (Fsp3) is 0.100.